The molecule has 2 heteroatoms. The number of nitrogens with zero attached hydrogens (tertiary/aromatic N) is 2. The summed E-state index contributed by atoms with van der Waals surface area (Å²) >= 11 is 0. The molecule has 0 N–H and O–H groups in total. The van der Waals surface area contributed by atoms with Crippen LogP contribution < -0.4 is 0 Å². The summed E-state index contributed by atoms with van der Waals surface area (Å²) in [5.41, 5.74) is 0.569. The lowest BCUT2D eigenvalue weighted by Crippen LogP contribution is -2.52. The second kappa shape index (κ2) is 4.30. The van der Waals surface area contributed by atoms with Crippen LogP contribution in [0.1, 0.15) is 54.9 Å². The predicted octanol–water partition coefficient (Wildman–Crippen LogP) is 2.98. The van der Waals surface area contributed by atoms with E-state index < -0.39 is 0 Å². The van der Waals surface area contributed by atoms with Crippen molar-refractivity contribution in [2.45, 2.75) is 78.0 Å². The molecule has 0 aromatic heterocycles. The maximum atomic E-state index is 2.64. The van der Waals surface area contributed by atoms with Crippen LogP contribution in [0.2, 0.25) is 0 Å². The standard InChI is InChI=1S/C14H30N2/c1-11-12(15(8)13(2,3)4)9-10-16(11)14(5,6)7/h11-12H,9-10H2,1-8H3/t11-,12?/m0/s1. The molecule has 0 aromatic carbocycles. The molecule has 2 nitrogen and oxygen atoms in total. The van der Waals surface area contributed by atoms with Crippen LogP contribution in [0.3, 0.4) is 0 Å². The zero-order chi connectivity index (χ0) is 12.7. The number of likely N-dealkylation sites (tertiary alicyclic amines) is 1. The van der Waals surface area contributed by atoms with Gasteiger partial charge in [-0.3, -0.25) is 9.80 Å². The zero-order valence-corrected chi connectivity index (χ0v) is 12.5. The average molecular weight is 226 g/mol. The molecule has 0 aromatic rings. The molecule has 0 bridgehead atoms. The van der Waals surface area contributed by atoms with Gasteiger partial charge in [-0.2, -0.15) is 0 Å². The lowest BCUT2D eigenvalue weighted by Gasteiger charge is -2.42. The highest BCUT2D eigenvalue weighted by Gasteiger charge is 2.40. The van der Waals surface area contributed by atoms with Crippen LogP contribution in [-0.4, -0.2) is 46.6 Å². The lowest BCUT2D eigenvalue weighted by atomic mass is 9.99. The number of hydrogen-bond acceptors (Lipinski definition) is 2. The third-order valence-electron chi connectivity index (χ3n) is 4.13. The largest absolute Gasteiger partial charge is 0.297 e. The van der Waals surface area contributed by atoms with Gasteiger partial charge in [0.2, 0.25) is 0 Å². The van der Waals surface area contributed by atoms with Gasteiger partial charge in [0.15, 0.2) is 0 Å². The molecular weight excluding hydrogens is 196 g/mol. The number of rotatable bonds is 1. The molecule has 0 radical (unpaired) electrons. The molecule has 1 aliphatic rings. The van der Waals surface area contributed by atoms with Crippen LogP contribution in [-0.2, 0) is 0 Å². The van der Waals surface area contributed by atoms with Crippen LogP contribution in [0, 0.1) is 0 Å². The van der Waals surface area contributed by atoms with Gasteiger partial charge in [0.25, 0.3) is 0 Å². The summed E-state index contributed by atoms with van der Waals surface area (Å²) in [6, 6.07) is 1.35. The van der Waals surface area contributed by atoms with Gasteiger partial charge in [-0.25, -0.2) is 0 Å². The van der Waals surface area contributed by atoms with Crippen LogP contribution in [0.15, 0.2) is 0 Å². The molecule has 96 valence electrons. The Morgan fingerprint density at radius 1 is 1.06 bits per heavy atom. The molecule has 0 saturated carbocycles. The van der Waals surface area contributed by atoms with Gasteiger partial charge in [-0.15, -0.1) is 0 Å². The summed E-state index contributed by atoms with van der Waals surface area (Å²) < 4.78 is 0. The summed E-state index contributed by atoms with van der Waals surface area (Å²) in [6.45, 7) is 17.5. The third kappa shape index (κ3) is 2.78. The molecule has 16 heavy (non-hydrogen) atoms. The van der Waals surface area contributed by atoms with E-state index in [1.165, 1.54) is 13.0 Å². The first kappa shape index (κ1) is 14.0. The molecule has 0 aliphatic carbocycles. The summed E-state index contributed by atoms with van der Waals surface area (Å²) in [7, 11) is 2.27. The van der Waals surface area contributed by atoms with Crippen LogP contribution in [0.5, 0.6) is 0 Å². The highest BCUT2D eigenvalue weighted by atomic mass is 15.3. The van der Waals surface area contributed by atoms with Crippen LogP contribution >= 0.6 is 0 Å². The highest BCUT2D eigenvalue weighted by Crippen LogP contribution is 2.31. The van der Waals surface area contributed by atoms with E-state index in [4.69, 9.17) is 0 Å². The molecule has 1 saturated heterocycles. The average Bonchev–Trinajstić information content (AvgIpc) is 2.42. The first-order valence-corrected chi connectivity index (χ1v) is 6.55. The maximum Gasteiger partial charge on any atom is 0.0263 e. The van der Waals surface area contributed by atoms with E-state index in [9.17, 15) is 0 Å². The molecule has 0 amide bonds. The van der Waals surface area contributed by atoms with Gasteiger partial charge in [0, 0.05) is 29.7 Å². The molecule has 0 spiro atoms. The van der Waals surface area contributed by atoms with Crippen LogP contribution in [0.25, 0.3) is 0 Å². The minimum atomic E-state index is 0.271. The zero-order valence-electron chi connectivity index (χ0n) is 12.5. The third-order valence-corrected chi connectivity index (χ3v) is 4.13. The number of hydrogen-bond donors (Lipinski definition) is 0. The first-order valence-electron chi connectivity index (χ1n) is 6.55. The van der Waals surface area contributed by atoms with E-state index in [1.807, 2.05) is 0 Å². The summed E-state index contributed by atoms with van der Waals surface area (Å²) in [5.74, 6) is 0. The van der Waals surface area contributed by atoms with E-state index in [-0.39, 0.29) is 5.54 Å². The van der Waals surface area contributed by atoms with Crippen molar-refractivity contribution in [1.29, 1.82) is 0 Å². The molecule has 1 aliphatic heterocycles. The fourth-order valence-electron chi connectivity index (χ4n) is 2.88. The SMILES string of the molecule is C[C@H]1C(N(C)C(C)(C)C)CCN1C(C)(C)C. The van der Waals surface area contributed by atoms with Crippen molar-refractivity contribution >= 4 is 0 Å². The summed E-state index contributed by atoms with van der Waals surface area (Å²) in [4.78, 5) is 5.18. The smallest absolute Gasteiger partial charge is 0.0263 e. The normalized spacial score (nSPS) is 29.1. The lowest BCUT2D eigenvalue weighted by molar-refractivity contribution is 0.0625. The molecular formula is C14H30N2. The van der Waals surface area contributed by atoms with Crippen molar-refractivity contribution in [3.05, 3.63) is 0 Å². The first-order chi connectivity index (χ1) is 7.05. The minimum absolute atomic E-state index is 0.271. The van der Waals surface area contributed by atoms with Gasteiger partial charge in [-0.05, 0) is 61.9 Å². The van der Waals surface area contributed by atoms with Gasteiger partial charge in [0.05, 0.1) is 0 Å². The highest BCUT2D eigenvalue weighted by molar-refractivity contribution is 4.97. The van der Waals surface area contributed by atoms with Crippen molar-refractivity contribution in [1.82, 2.24) is 9.80 Å². The van der Waals surface area contributed by atoms with Crippen molar-refractivity contribution in [2.75, 3.05) is 13.6 Å². The Hall–Kier alpha value is -0.0800. The Balaban J connectivity index is 2.75. The molecule has 1 heterocycles. The van der Waals surface area contributed by atoms with Gasteiger partial charge in [-0.1, -0.05) is 0 Å². The Morgan fingerprint density at radius 2 is 1.56 bits per heavy atom. The van der Waals surface area contributed by atoms with E-state index in [1.54, 1.807) is 0 Å². The quantitative estimate of drug-likeness (QED) is 0.678. The van der Waals surface area contributed by atoms with Crippen molar-refractivity contribution in [2.24, 2.45) is 0 Å². The molecule has 1 rings (SSSR count). The summed E-state index contributed by atoms with van der Waals surface area (Å²) in [5, 5.41) is 0. The van der Waals surface area contributed by atoms with Crippen molar-refractivity contribution in [3.63, 3.8) is 0 Å². The Kier molecular flexibility index (Phi) is 3.76. The minimum Gasteiger partial charge on any atom is -0.297 e. The number of likely N-dealkylation sites (N-methyl/N-ethyl adjacent to an activating group) is 1. The maximum absolute atomic E-state index is 2.64. The second-order valence-corrected chi connectivity index (χ2v) is 7.24. The Bertz CT molecular complexity index is 234. The van der Waals surface area contributed by atoms with Crippen molar-refractivity contribution in [3.8, 4) is 0 Å². The Labute approximate surface area is 102 Å². The van der Waals surface area contributed by atoms with E-state index >= 15 is 0 Å². The van der Waals surface area contributed by atoms with E-state index in [0.29, 0.717) is 17.6 Å². The molecule has 1 fully saturated rings. The fourth-order valence-corrected chi connectivity index (χ4v) is 2.88. The second-order valence-electron chi connectivity index (χ2n) is 7.24. The Morgan fingerprint density at radius 3 is 1.88 bits per heavy atom. The predicted molar refractivity (Wildman–Crippen MR) is 71.8 cm³/mol. The van der Waals surface area contributed by atoms with E-state index in [2.05, 4.69) is 65.3 Å². The molecule has 1 unspecified atom stereocenters. The topological polar surface area (TPSA) is 6.48 Å². The van der Waals surface area contributed by atoms with E-state index in [0.717, 1.165) is 0 Å². The van der Waals surface area contributed by atoms with Crippen molar-refractivity contribution < 1.29 is 0 Å². The summed E-state index contributed by atoms with van der Waals surface area (Å²) in [6.07, 6.45) is 1.30. The fraction of sp³-hybridized carbons (Fsp3) is 1.00. The van der Waals surface area contributed by atoms with Gasteiger partial charge in [0.1, 0.15) is 0 Å². The molecule has 2 atom stereocenters. The monoisotopic (exact) mass is 226 g/mol. The van der Waals surface area contributed by atoms with Gasteiger partial charge >= 0.3 is 0 Å². The van der Waals surface area contributed by atoms with Crippen LogP contribution in [0.4, 0.5) is 0 Å². The van der Waals surface area contributed by atoms with Gasteiger partial charge < -0.3 is 0 Å².